The summed E-state index contributed by atoms with van der Waals surface area (Å²) in [5.41, 5.74) is 3.14. The molecular weight excluding hydrogens is 274 g/mol. The molecule has 0 heterocycles. The average molecular weight is 297 g/mol. The first-order valence-corrected chi connectivity index (χ1v) is 7.56. The summed E-state index contributed by atoms with van der Waals surface area (Å²) in [6, 6.07) is 18.5. The minimum atomic E-state index is -0.466. The Kier molecular flexibility index (Phi) is 5.21. The van der Waals surface area contributed by atoms with Crippen molar-refractivity contribution in [1.82, 2.24) is 5.32 Å². The van der Waals surface area contributed by atoms with E-state index in [1.54, 1.807) is 0 Å². The van der Waals surface area contributed by atoms with E-state index < -0.39 is 5.60 Å². The molecule has 0 bridgehead atoms. The standard InChI is InChI=1S/C19H23NO2/c1-19(2,3)22-18(21)20-14-13-16-11-7-8-12-17(16)15-9-5-4-6-10-15/h4-12H,13-14H2,1-3H3,(H,20,21). The predicted molar refractivity (Wildman–Crippen MR) is 89.8 cm³/mol. The molecular formula is C19H23NO2. The molecule has 0 aliphatic carbocycles. The Labute approximate surface area is 132 Å². The molecule has 1 amide bonds. The minimum absolute atomic E-state index is 0.371. The van der Waals surface area contributed by atoms with Crippen molar-refractivity contribution in [1.29, 1.82) is 0 Å². The summed E-state index contributed by atoms with van der Waals surface area (Å²) >= 11 is 0. The van der Waals surface area contributed by atoms with Crippen LogP contribution in [0, 0.1) is 0 Å². The highest BCUT2D eigenvalue weighted by atomic mass is 16.6. The molecule has 1 N–H and O–H groups in total. The first-order chi connectivity index (χ1) is 10.5. The van der Waals surface area contributed by atoms with Crippen molar-refractivity contribution in [3.63, 3.8) is 0 Å². The van der Waals surface area contributed by atoms with Crippen LogP contribution in [0.15, 0.2) is 54.6 Å². The molecule has 0 aliphatic rings. The van der Waals surface area contributed by atoms with Crippen molar-refractivity contribution < 1.29 is 9.53 Å². The number of carbonyl (C=O) groups excluding carboxylic acids is 1. The van der Waals surface area contributed by atoms with Crippen LogP contribution in [0.3, 0.4) is 0 Å². The molecule has 2 aromatic rings. The number of amides is 1. The van der Waals surface area contributed by atoms with Crippen LogP contribution >= 0.6 is 0 Å². The Hall–Kier alpha value is -2.29. The van der Waals surface area contributed by atoms with Crippen LogP contribution < -0.4 is 5.32 Å². The second kappa shape index (κ2) is 7.12. The zero-order valence-electron chi connectivity index (χ0n) is 13.4. The van der Waals surface area contributed by atoms with Gasteiger partial charge in [-0.3, -0.25) is 0 Å². The van der Waals surface area contributed by atoms with Crippen LogP contribution in [-0.2, 0) is 11.2 Å². The van der Waals surface area contributed by atoms with Crippen LogP contribution in [0.1, 0.15) is 26.3 Å². The van der Waals surface area contributed by atoms with Crippen LogP contribution in [0.4, 0.5) is 4.79 Å². The summed E-state index contributed by atoms with van der Waals surface area (Å²) < 4.78 is 5.24. The van der Waals surface area contributed by atoms with Gasteiger partial charge in [0.1, 0.15) is 5.60 Å². The van der Waals surface area contributed by atoms with E-state index in [0.29, 0.717) is 6.54 Å². The van der Waals surface area contributed by atoms with Crippen molar-refractivity contribution in [2.24, 2.45) is 0 Å². The van der Waals surface area contributed by atoms with E-state index in [9.17, 15) is 4.79 Å². The lowest BCUT2D eigenvalue weighted by atomic mass is 9.98. The number of hydrogen-bond acceptors (Lipinski definition) is 2. The van der Waals surface area contributed by atoms with E-state index in [1.165, 1.54) is 16.7 Å². The SMILES string of the molecule is CC(C)(C)OC(=O)NCCc1ccccc1-c1ccccc1. The first-order valence-electron chi connectivity index (χ1n) is 7.56. The molecule has 3 heteroatoms. The molecule has 0 aromatic heterocycles. The highest BCUT2D eigenvalue weighted by molar-refractivity contribution is 5.69. The van der Waals surface area contributed by atoms with Crippen molar-refractivity contribution in [2.75, 3.05) is 6.54 Å². The van der Waals surface area contributed by atoms with E-state index in [2.05, 4.69) is 29.6 Å². The zero-order chi connectivity index (χ0) is 16.0. The Bertz CT molecular complexity index is 615. The van der Waals surface area contributed by atoms with Gasteiger partial charge in [0.15, 0.2) is 0 Å². The lowest BCUT2D eigenvalue weighted by Gasteiger charge is -2.19. The lowest BCUT2D eigenvalue weighted by molar-refractivity contribution is 0.0528. The Balaban J connectivity index is 1.98. The smallest absolute Gasteiger partial charge is 0.407 e. The summed E-state index contributed by atoms with van der Waals surface area (Å²) in [6.07, 6.45) is 0.398. The Morgan fingerprint density at radius 2 is 1.64 bits per heavy atom. The summed E-state index contributed by atoms with van der Waals surface area (Å²) in [5.74, 6) is 0. The van der Waals surface area contributed by atoms with Gasteiger partial charge in [0.05, 0.1) is 0 Å². The summed E-state index contributed by atoms with van der Waals surface area (Å²) in [5, 5.41) is 2.81. The van der Waals surface area contributed by atoms with Gasteiger partial charge in [-0.05, 0) is 43.9 Å². The first kappa shape index (κ1) is 16.1. The lowest BCUT2D eigenvalue weighted by Crippen LogP contribution is -2.33. The number of alkyl carbamates (subject to hydrolysis) is 1. The molecule has 0 saturated carbocycles. The summed E-state index contributed by atoms with van der Waals surface area (Å²) in [7, 11) is 0. The van der Waals surface area contributed by atoms with Crippen molar-refractivity contribution >= 4 is 6.09 Å². The number of ether oxygens (including phenoxy) is 1. The second-order valence-electron chi connectivity index (χ2n) is 6.20. The topological polar surface area (TPSA) is 38.3 Å². The molecule has 0 unspecified atom stereocenters. The van der Waals surface area contributed by atoms with Gasteiger partial charge in [-0.1, -0.05) is 54.6 Å². The fourth-order valence-corrected chi connectivity index (χ4v) is 2.25. The third-order valence-corrected chi connectivity index (χ3v) is 3.16. The largest absolute Gasteiger partial charge is 0.444 e. The fourth-order valence-electron chi connectivity index (χ4n) is 2.25. The molecule has 0 radical (unpaired) electrons. The van der Waals surface area contributed by atoms with Crippen LogP contribution in [0.5, 0.6) is 0 Å². The van der Waals surface area contributed by atoms with E-state index in [1.807, 2.05) is 51.1 Å². The van der Waals surface area contributed by atoms with Gasteiger partial charge in [0.25, 0.3) is 0 Å². The van der Waals surface area contributed by atoms with Gasteiger partial charge in [0, 0.05) is 6.54 Å². The molecule has 0 fully saturated rings. The highest BCUT2D eigenvalue weighted by Gasteiger charge is 2.15. The third-order valence-electron chi connectivity index (χ3n) is 3.16. The number of nitrogens with one attached hydrogen (secondary N) is 1. The molecule has 22 heavy (non-hydrogen) atoms. The summed E-state index contributed by atoms with van der Waals surface area (Å²) in [4.78, 5) is 11.7. The molecule has 0 saturated heterocycles. The fraction of sp³-hybridized carbons (Fsp3) is 0.316. The van der Waals surface area contributed by atoms with E-state index in [4.69, 9.17) is 4.74 Å². The zero-order valence-corrected chi connectivity index (χ0v) is 13.4. The van der Waals surface area contributed by atoms with Gasteiger partial charge in [-0.25, -0.2) is 4.79 Å². The molecule has 2 rings (SSSR count). The molecule has 0 aliphatic heterocycles. The van der Waals surface area contributed by atoms with Crippen molar-refractivity contribution in [3.8, 4) is 11.1 Å². The number of carbonyl (C=O) groups is 1. The third kappa shape index (κ3) is 4.92. The van der Waals surface area contributed by atoms with Gasteiger partial charge in [-0.15, -0.1) is 0 Å². The van der Waals surface area contributed by atoms with E-state index >= 15 is 0 Å². The Morgan fingerprint density at radius 3 is 2.32 bits per heavy atom. The maximum atomic E-state index is 11.7. The molecule has 116 valence electrons. The molecule has 2 aromatic carbocycles. The quantitative estimate of drug-likeness (QED) is 0.907. The van der Waals surface area contributed by atoms with E-state index in [-0.39, 0.29) is 6.09 Å². The number of benzene rings is 2. The van der Waals surface area contributed by atoms with Crippen LogP contribution in [-0.4, -0.2) is 18.2 Å². The predicted octanol–water partition coefficient (Wildman–Crippen LogP) is 4.42. The monoisotopic (exact) mass is 297 g/mol. The number of rotatable bonds is 4. The minimum Gasteiger partial charge on any atom is -0.444 e. The van der Waals surface area contributed by atoms with Crippen molar-refractivity contribution in [2.45, 2.75) is 32.8 Å². The average Bonchev–Trinajstić information content (AvgIpc) is 2.47. The maximum Gasteiger partial charge on any atom is 0.407 e. The molecule has 3 nitrogen and oxygen atoms in total. The summed E-state index contributed by atoms with van der Waals surface area (Å²) in [6.45, 7) is 6.13. The van der Waals surface area contributed by atoms with Crippen molar-refractivity contribution in [3.05, 3.63) is 60.2 Å². The molecule has 0 spiro atoms. The maximum absolute atomic E-state index is 11.7. The highest BCUT2D eigenvalue weighted by Crippen LogP contribution is 2.23. The van der Waals surface area contributed by atoms with Crippen LogP contribution in [0.2, 0.25) is 0 Å². The van der Waals surface area contributed by atoms with E-state index in [0.717, 1.165) is 6.42 Å². The van der Waals surface area contributed by atoms with Gasteiger partial charge in [0.2, 0.25) is 0 Å². The van der Waals surface area contributed by atoms with Gasteiger partial charge < -0.3 is 10.1 Å². The van der Waals surface area contributed by atoms with Gasteiger partial charge in [-0.2, -0.15) is 0 Å². The number of hydrogen-bond donors (Lipinski definition) is 1. The molecule has 0 atom stereocenters. The normalized spacial score (nSPS) is 11.0. The van der Waals surface area contributed by atoms with Gasteiger partial charge >= 0.3 is 6.09 Å². The second-order valence-corrected chi connectivity index (χ2v) is 6.20. The van der Waals surface area contributed by atoms with Crippen LogP contribution in [0.25, 0.3) is 11.1 Å². The Morgan fingerprint density at radius 1 is 1.00 bits per heavy atom.